The smallest absolute Gasteiger partial charge is 0.191 e. The standard InChI is InChI=1S/C12H27N3O/c1-4-6-8-14-12(13-3)15-9-11-16-10-7-5-2/h4-11H2,1-3H3,(H2,13,14,15). The molecule has 0 heterocycles. The molecular formula is C12H27N3O. The van der Waals surface area contributed by atoms with Gasteiger partial charge < -0.3 is 15.4 Å². The second-order valence-electron chi connectivity index (χ2n) is 3.75. The molecule has 0 unspecified atom stereocenters. The highest BCUT2D eigenvalue weighted by atomic mass is 16.5. The maximum absolute atomic E-state index is 5.45. The Bertz CT molecular complexity index is 172. The molecule has 4 heteroatoms. The second-order valence-corrected chi connectivity index (χ2v) is 3.75. The summed E-state index contributed by atoms with van der Waals surface area (Å²) in [7, 11) is 1.79. The van der Waals surface area contributed by atoms with Crippen molar-refractivity contribution in [1.29, 1.82) is 0 Å². The van der Waals surface area contributed by atoms with Crippen LogP contribution in [0.2, 0.25) is 0 Å². The van der Waals surface area contributed by atoms with Gasteiger partial charge in [0.1, 0.15) is 0 Å². The Morgan fingerprint density at radius 3 is 2.31 bits per heavy atom. The van der Waals surface area contributed by atoms with Gasteiger partial charge in [0, 0.05) is 26.7 Å². The van der Waals surface area contributed by atoms with E-state index in [1.165, 1.54) is 19.3 Å². The number of nitrogens with zero attached hydrogens (tertiary/aromatic N) is 1. The molecule has 4 nitrogen and oxygen atoms in total. The van der Waals surface area contributed by atoms with Crippen molar-refractivity contribution in [3.8, 4) is 0 Å². The van der Waals surface area contributed by atoms with Gasteiger partial charge in [0.2, 0.25) is 0 Å². The number of rotatable bonds is 9. The van der Waals surface area contributed by atoms with E-state index in [4.69, 9.17) is 4.74 Å². The number of ether oxygens (including phenoxy) is 1. The lowest BCUT2D eigenvalue weighted by Gasteiger charge is -2.11. The molecule has 2 N–H and O–H groups in total. The van der Waals surface area contributed by atoms with Crippen LogP contribution in [0.1, 0.15) is 39.5 Å². The van der Waals surface area contributed by atoms with Crippen molar-refractivity contribution in [2.24, 2.45) is 4.99 Å². The van der Waals surface area contributed by atoms with Gasteiger partial charge in [0.15, 0.2) is 5.96 Å². The minimum atomic E-state index is 0.745. The average Bonchev–Trinajstić information content (AvgIpc) is 2.31. The zero-order valence-electron chi connectivity index (χ0n) is 11.0. The molecule has 0 rings (SSSR count). The van der Waals surface area contributed by atoms with E-state index in [0.717, 1.165) is 38.7 Å². The molecule has 0 aromatic heterocycles. The highest BCUT2D eigenvalue weighted by Gasteiger charge is 1.95. The van der Waals surface area contributed by atoms with E-state index in [-0.39, 0.29) is 0 Å². The molecule has 0 saturated carbocycles. The van der Waals surface area contributed by atoms with Gasteiger partial charge in [0.05, 0.1) is 6.61 Å². The Balaban J connectivity index is 3.34. The van der Waals surface area contributed by atoms with Gasteiger partial charge in [-0.1, -0.05) is 26.7 Å². The number of unbranched alkanes of at least 4 members (excludes halogenated alkanes) is 2. The molecule has 0 amide bonds. The number of guanidine groups is 1. The Morgan fingerprint density at radius 1 is 1.00 bits per heavy atom. The third-order valence-electron chi connectivity index (χ3n) is 2.23. The zero-order valence-corrected chi connectivity index (χ0v) is 11.0. The number of hydrogen-bond donors (Lipinski definition) is 2. The summed E-state index contributed by atoms with van der Waals surface area (Å²) < 4.78 is 5.45. The van der Waals surface area contributed by atoms with E-state index in [2.05, 4.69) is 29.5 Å². The SMILES string of the molecule is CCCCNC(=NC)NCCOCCCC. The van der Waals surface area contributed by atoms with E-state index in [0.29, 0.717) is 0 Å². The molecule has 96 valence electrons. The number of aliphatic imine (C=N–C) groups is 1. The molecule has 0 bridgehead atoms. The van der Waals surface area contributed by atoms with Crippen molar-refractivity contribution in [2.75, 3.05) is 33.4 Å². The summed E-state index contributed by atoms with van der Waals surface area (Å²) in [6.45, 7) is 7.75. The van der Waals surface area contributed by atoms with Crippen LogP contribution in [0.3, 0.4) is 0 Å². The van der Waals surface area contributed by atoms with Crippen molar-refractivity contribution in [3.63, 3.8) is 0 Å². The van der Waals surface area contributed by atoms with Crippen LogP contribution in [-0.2, 0) is 4.74 Å². The van der Waals surface area contributed by atoms with E-state index < -0.39 is 0 Å². The summed E-state index contributed by atoms with van der Waals surface area (Å²) in [5.74, 6) is 0.868. The van der Waals surface area contributed by atoms with Crippen LogP contribution in [-0.4, -0.2) is 39.3 Å². The quantitative estimate of drug-likeness (QED) is 0.360. The first kappa shape index (κ1) is 15.2. The summed E-state index contributed by atoms with van der Waals surface area (Å²) in [6.07, 6.45) is 4.70. The normalized spacial score (nSPS) is 11.6. The Labute approximate surface area is 99.9 Å². The van der Waals surface area contributed by atoms with Crippen molar-refractivity contribution in [2.45, 2.75) is 39.5 Å². The Morgan fingerprint density at radius 2 is 1.69 bits per heavy atom. The largest absolute Gasteiger partial charge is 0.380 e. The summed E-state index contributed by atoms with van der Waals surface area (Å²) in [6, 6.07) is 0. The Hall–Kier alpha value is -0.770. The molecule has 16 heavy (non-hydrogen) atoms. The Kier molecular flexibility index (Phi) is 11.7. The van der Waals surface area contributed by atoms with Crippen molar-refractivity contribution in [1.82, 2.24) is 10.6 Å². The fraction of sp³-hybridized carbons (Fsp3) is 0.917. The second kappa shape index (κ2) is 12.3. The third kappa shape index (κ3) is 9.77. The average molecular weight is 229 g/mol. The highest BCUT2D eigenvalue weighted by molar-refractivity contribution is 5.79. The molecule has 0 aromatic carbocycles. The van der Waals surface area contributed by atoms with E-state index in [9.17, 15) is 0 Å². The van der Waals surface area contributed by atoms with Crippen molar-refractivity contribution in [3.05, 3.63) is 0 Å². The maximum atomic E-state index is 5.45. The molecule has 0 aliphatic heterocycles. The molecule has 0 spiro atoms. The molecule has 0 aliphatic carbocycles. The lowest BCUT2D eigenvalue weighted by molar-refractivity contribution is 0.136. The predicted molar refractivity (Wildman–Crippen MR) is 70.0 cm³/mol. The fourth-order valence-corrected chi connectivity index (χ4v) is 1.19. The minimum Gasteiger partial charge on any atom is -0.380 e. The van der Waals surface area contributed by atoms with Crippen LogP contribution in [0.15, 0.2) is 4.99 Å². The topological polar surface area (TPSA) is 45.7 Å². The molecule has 0 aromatic rings. The lowest BCUT2D eigenvalue weighted by Crippen LogP contribution is -2.39. The van der Waals surface area contributed by atoms with Crippen LogP contribution >= 0.6 is 0 Å². The van der Waals surface area contributed by atoms with Gasteiger partial charge in [-0.15, -0.1) is 0 Å². The van der Waals surface area contributed by atoms with E-state index in [1.54, 1.807) is 7.05 Å². The molecule has 0 atom stereocenters. The molecule has 0 radical (unpaired) electrons. The summed E-state index contributed by atoms with van der Waals surface area (Å²) >= 11 is 0. The van der Waals surface area contributed by atoms with E-state index >= 15 is 0 Å². The first-order valence-corrected chi connectivity index (χ1v) is 6.37. The van der Waals surface area contributed by atoms with Crippen LogP contribution in [0.25, 0.3) is 0 Å². The number of nitrogens with one attached hydrogen (secondary N) is 2. The van der Waals surface area contributed by atoms with Crippen molar-refractivity contribution < 1.29 is 4.74 Å². The van der Waals surface area contributed by atoms with Crippen LogP contribution in [0, 0.1) is 0 Å². The van der Waals surface area contributed by atoms with Gasteiger partial charge in [-0.2, -0.15) is 0 Å². The lowest BCUT2D eigenvalue weighted by atomic mass is 10.3. The van der Waals surface area contributed by atoms with Gasteiger partial charge in [-0.3, -0.25) is 4.99 Å². The van der Waals surface area contributed by atoms with Crippen molar-refractivity contribution >= 4 is 5.96 Å². The summed E-state index contributed by atoms with van der Waals surface area (Å²) in [5, 5.41) is 6.47. The number of hydrogen-bond acceptors (Lipinski definition) is 2. The minimum absolute atomic E-state index is 0.745. The maximum Gasteiger partial charge on any atom is 0.191 e. The summed E-state index contributed by atoms with van der Waals surface area (Å²) in [5.41, 5.74) is 0. The third-order valence-corrected chi connectivity index (χ3v) is 2.23. The van der Waals surface area contributed by atoms with Crippen LogP contribution in [0.5, 0.6) is 0 Å². The zero-order chi connectivity index (χ0) is 12.1. The molecule has 0 saturated heterocycles. The fourth-order valence-electron chi connectivity index (χ4n) is 1.19. The van der Waals surface area contributed by atoms with Crippen LogP contribution in [0.4, 0.5) is 0 Å². The van der Waals surface area contributed by atoms with Gasteiger partial charge in [0.25, 0.3) is 0 Å². The molecule has 0 aliphatic rings. The van der Waals surface area contributed by atoms with Gasteiger partial charge >= 0.3 is 0 Å². The molecular weight excluding hydrogens is 202 g/mol. The first-order valence-electron chi connectivity index (χ1n) is 6.37. The molecule has 0 fully saturated rings. The highest BCUT2D eigenvalue weighted by Crippen LogP contribution is 1.86. The first-order chi connectivity index (χ1) is 7.85. The predicted octanol–water partition coefficient (Wildman–Crippen LogP) is 1.77. The van der Waals surface area contributed by atoms with Gasteiger partial charge in [-0.25, -0.2) is 0 Å². The summed E-state index contributed by atoms with van der Waals surface area (Å²) in [4.78, 5) is 4.13. The van der Waals surface area contributed by atoms with Crippen LogP contribution < -0.4 is 10.6 Å². The van der Waals surface area contributed by atoms with E-state index in [1.807, 2.05) is 0 Å². The van der Waals surface area contributed by atoms with Gasteiger partial charge in [-0.05, 0) is 12.8 Å². The monoisotopic (exact) mass is 229 g/mol.